The Labute approximate surface area is 180 Å². The Morgan fingerprint density at radius 3 is 2.52 bits per heavy atom. The number of aromatic nitrogens is 2. The van der Waals surface area contributed by atoms with E-state index in [9.17, 15) is 18.8 Å². The quantitative estimate of drug-likeness (QED) is 0.615. The number of hydrogen-bond acceptors (Lipinski definition) is 4. The van der Waals surface area contributed by atoms with Gasteiger partial charge >= 0.3 is 11.7 Å². The largest absolute Gasteiger partial charge is 0.478 e. The van der Waals surface area contributed by atoms with E-state index < -0.39 is 23.0 Å². The molecule has 0 aliphatic heterocycles. The van der Waals surface area contributed by atoms with Crippen LogP contribution in [-0.4, -0.2) is 26.3 Å². The lowest BCUT2D eigenvalue weighted by molar-refractivity contribution is -0.131. The summed E-state index contributed by atoms with van der Waals surface area (Å²) >= 11 is 0. The number of hydrogen-bond donors (Lipinski definition) is 2. The van der Waals surface area contributed by atoms with Crippen molar-refractivity contribution in [3.8, 4) is 0 Å². The molecule has 0 bridgehead atoms. The average Bonchev–Trinajstić information content (AvgIpc) is 2.75. The summed E-state index contributed by atoms with van der Waals surface area (Å²) in [6, 6.07) is 2.78. The molecule has 3 rings (SSSR count). The Morgan fingerprint density at radius 2 is 1.90 bits per heavy atom. The van der Waals surface area contributed by atoms with Gasteiger partial charge in [-0.05, 0) is 37.8 Å². The van der Waals surface area contributed by atoms with Crippen molar-refractivity contribution in [2.24, 2.45) is 0 Å². The number of anilines is 1. The van der Waals surface area contributed by atoms with Crippen LogP contribution in [0.5, 0.6) is 0 Å². The topological polar surface area (TPSA) is 93.3 Å². The van der Waals surface area contributed by atoms with Crippen molar-refractivity contribution in [2.75, 3.05) is 5.32 Å². The second-order valence-electron chi connectivity index (χ2n) is 8.11. The van der Waals surface area contributed by atoms with Crippen LogP contribution in [0.25, 0.3) is 10.9 Å². The van der Waals surface area contributed by atoms with E-state index in [1.165, 1.54) is 18.6 Å². The van der Waals surface area contributed by atoms with Gasteiger partial charge in [-0.25, -0.2) is 14.0 Å². The molecule has 168 valence electrons. The molecule has 1 aliphatic carbocycles. The zero-order valence-corrected chi connectivity index (χ0v) is 18.1. The van der Waals surface area contributed by atoms with Crippen LogP contribution in [0, 0.1) is 5.82 Å². The number of fused-ring (bicyclic) bond motifs is 1. The zero-order valence-electron chi connectivity index (χ0n) is 18.1. The van der Waals surface area contributed by atoms with Crippen LogP contribution < -0.4 is 16.6 Å². The van der Waals surface area contributed by atoms with Gasteiger partial charge in [0.2, 0.25) is 0 Å². The molecule has 1 aliphatic rings. The molecule has 2 aromatic rings. The summed E-state index contributed by atoms with van der Waals surface area (Å²) in [5, 5.41) is 12.2. The van der Waals surface area contributed by atoms with Crippen molar-refractivity contribution in [3.05, 3.63) is 50.9 Å². The van der Waals surface area contributed by atoms with Crippen LogP contribution in [0.15, 0.2) is 33.9 Å². The van der Waals surface area contributed by atoms with E-state index in [0.717, 1.165) is 36.3 Å². The lowest BCUT2D eigenvalue weighted by Crippen LogP contribution is -2.41. The monoisotopic (exact) mass is 431 g/mol. The lowest BCUT2D eigenvalue weighted by atomic mass is 9.95. The lowest BCUT2D eigenvalue weighted by Gasteiger charge is -2.25. The first-order valence-electron chi connectivity index (χ1n) is 11.0. The third kappa shape index (κ3) is 4.89. The zero-order chi connectivity index (χ0) is 22.5. The first kappa shape index (κ1) is 22.8. The van der Waals surface area contributed by atoms with E-state index >= 15 is 0 Å². The molecule has 31 heavy (non-hydrogen) atoms. The number of rotatable bonds is 8. The van der Waals surface area contributed by atoms with Gasteiger partial charge in [-0.3, -0.25) is 13.9 Å². The van der Waals surface area contributed by atoms with Crippen LogP contribution >= 0.6 is 0 Å². The molecular weight excluding hydrogens is 401 g/mol. The summed E-state index contributed by atoms with van der Waals surface area (Å²) < 4.78 is 17.5. The maximum Gasteiger partial charge on any atom is 0.332 e. The number of nitrogens with one attached hydrogen (secondary N) is 1. The summed E-state index contributed by atoms with van der Waals surface area (Å²) in [6.45, 7) is 3.72. The first-order chi connectivity index (χ1) is 14.9. The summed E-state index contributed by atoms with van der Waals surface area (Å²) in [4.78, 5) is 37.0. The molecule has 1 aromatic carbocycles. The minimum atomic E-state index is -1.17. The number of nitrogens with zero attached hydrogens (tertiary/aromatic N) is 2. The molecule has 1 heterocycles. The Hall–Kier alpha value is -2.90. The van der Waals surface area contributed by atoms with Crippen molar-refractivity contribution in [3.63, 3.8) is 0 Å². The summed E-state index contributed by atoms with van der Waals surface area (Å²) in [6.07, 6.45) is 8.76. The number of carboxylic acids is 1. The van der Waals surface area contributed by atoms with E-state index in [2.05, 4.69) is 5.32 Å². The average molecular weight is 432 g/mol. The van der Waals surface area contributed by atoms with Crippen LogP contribution in [0.4, 0.5) is 10.1 Å². The standard InChI is InChI=1S/C23H30FN3O4/c1-3-16(4-2)27-20-14-19(25-15-9-6-5-7-10-15)18(24)13-17(20)22(30)26(23(27)31)12-8-11-21(28)29/h8,11,13-16,25H,3-7,9-10,12H2,1-2H3,(H,28,29)/b11-8+. The smallest absolute Gasteiger partial charge is 0.332 e. The second-order valence-corrected chi connectivity index (χ2v) is 8.11. The van der Waals surface area contributed by atoms with Crippen molar-refractivity contribution in [1.82, 2.24) is 9.13 Å². The van der Waals surface area contributed by atoms with E-state index in [0.29, 0.717) is 24.0 Å². The van der Waals surface area contributed by atoms with Gasteiger partial charge in [-0.1, -0.05) is 39.2 Å². The van der Waals surface area contributed by atoms with Gasteiger partial charge < -0.3 is 10.4 Å². The summed E-state index contributed by atoms with van der Waals surface area (Å²) in [5.74, 6) is -1.70. The number of carboxylic acid groups (broad SMARTS) is 1. The number of carbonyl (C=O) groups is 1. The summed E-state index contributed by atoms with van der Waals surface area (Å²) in [5.41, 5.74) is -0.430. The SMILES string of the molecule is CCC(CC)n1c(=O)n(C/C=C/C(=O)O)c(=O)c2cc(F)c(NC3CCCCC3)cc21. The van der Waals surface area contributed by atoms with Crippen LogP contribution in [0.1, 0.15) is 64.8 Å². The molecule has 1 aromatic heterocycles. The van der Waals surface area contributed by atoms with Gasteiger partial charge in [0.15, 0.2) is 0 Å². The molecule has 0 saturated heterocycles. The third-order valence-corrected chi connectivity index (χ3v) is 6.08. The highest BCUT2D eigenvalue weighted by Gasteiger charge is 2.21. The molecule has 1 fully saturated rings. The highest BCUT2D eigenvalue weighted by molar-refractivity contribution is 5.82. The van der Waals surface area contributed by atoms with Gasteiger partial charge in [-0.15, -0.1) is 0 Å². The van der Waals surface area contributed by atoms with Crippen LogP contribution in [0.3, 0.4) is 0 Å². The van der Waals surface area contributed by atoms with Crippen molar-refractivity contribution < 1.29 is 14.3 Å². The molecule has 0 unspecified atom stereocenters. The summed E-state index contributed by atoms with van der Waals surface area (Å²) in [7, 11) is 0. The predicted octanol–water partition coefficient (Wildman–Crippen LogP) is 4.05. The van der Waals surface area contributed by atoms with E-state index in [-0.39, 0.29) is 24.0 Å². The number of benzene rings is 1. The Bertz CT molecular complexity index is 1090. The van der Waals surface area contributed by atoms with Crippen LogP contribution in [0.2, 0.25) is 0 Å². The molecular formula is C23H30FN3O4. The maximum atomic E-state index is 15.0. The molecule has 0 atom stereocenters. The Balaban J connectivity index is 2.19. The number of halogens is 1. The van der Waals surface area contributed by atoms with Crippen molar-refractivity contribution in [2.45, 2.75) is 77.4 Å². The normalized spacial score (nSPS) is 15.2. The van der Waals surface area contributed by atoms with E-state index in [4.69, 9.17) is 5.11 Å². The molecule has 7 nitrogen and oxygen atoms in total. The fourth-order valence-corrected chi connectivity index (χ4v) is 4.40. The van der Waals surface area contributed by atoms with Gasteiger partial charge in [0.25, 0.3) is 5.56 Å². The van der Waals surface area contributed by atoms with E-state index in [1.54, 1.807) is 10.6 Å². The molecule has 1 saturated carbocycles. The Kier molecular flexibility index (Phi) is 7.30. The molecule has 0 spiro atoms. The van der Waals surface area contributed by atoms with Gasteiger partial charge in [-0.2, -0.15) is 0 Å². The Morgan fingerprint density at radius 1 is 1.23 bits per heavy atom. The molecule has 8 heteroatoms. The van der Waals surface area contributed by atoms with Gasteiger partial charge in [0, 0.05) is 24.7 Å². The number of allylic oxidation sites excluding steroid dienone is 1. The second kappa shape index (κ2) is 9.94. The predicted molar refractivity (Wildman–Crippen MR) is 119 cm³/mol. The molecule has 0 amide bonds. The molecule has 0 radical (unpaired) electrons. The third-order valence-electron chi connectivity index (χ3n) is 6.08. The fourth-order valence-electron chi connectivity index (χ4n) is 4.40. The maximum absolute atomic E-state index is 15.0. The minimum Gasteiger partial charge on any atom is -0.478 e. The minimum absolute atomic E-state index is 0.113. The fraction of sp³-hybridized carbons (Fsp3) is 0.522. The van der Waals surface area contributed by atoms with Gasteiger partial charge in [0.1, 0.15) is 5.82 Å². The highest BCUT2D eigenvalue weighted by atomic mass is 19.1. The van der Waals surface area contributed by atoms with Gasteiger partial charge in [0.05, 0.1) is 16.6 Å². The van der Waals surface area contributed by atoms with Crippen molar-refractivity contribution in [1.29, 1.82) is 0 Å². The molecule has 2 N–H and O–H groups in total. The highest BCUT2D eigenvalue weighted by Crippen LogP contribution is 2.27. The van der Waals surface area contributed by atoms with E-state index in [1.807, 2.05) is 13.8 Å². The van der Waals surface area contributed by atoms with Crippen LogP contribution in [-0.2, 0) is 11.3 Å². The number of aliphatic carboxylic acids is 1. The van der Waals surface area contributed by atoms with Crippen molar-refractivity contribution >= 4 is 22.6 Å². The first-order valence-corrected chi connectivity index (χ1v) is 11.0.